The van der Waals surface area contributed by atoms with Crippen molar-refractivity contribution in [2.24, 2.45) is 0 Å². The molecule has 31 heavy (non-hydrogen) atoms. The van der Waals surface area contributed by atoms with E-state index in [0.717, 1.165) is 6.07 Å². The summed E-state index contributed by atoms with van der Waals surface area (Å²) in [5, 5.41) is 6.88. The highest BCUT2D eigenvalue weighted by Gasteiger charge is 2.35. The van der Waals surface area contributed by atoms with Gasteiger partial charge < -0.3 is 10.1 Å². The quantitative estimate of drug-likeness (QED) is 0.460. The summed E-state index contributed by atoms with van der Waals surface area (Å²) in [7, 11) is 1.49. The first-order chi connectivity index (χ1) is 14.7. The minimum Gasteiger partial charge on any atom is -0.497 e. The Balaban J connectivity index is 1.76. The van der Waals surface area contributed by atoms with E-state index < -0.39 is 17.8 Å². The lowest BCUT2D eigenvalue weighted by Gasteiger charge is -2.11. The molecule has 0 radical (unpaired) electrons. The van der Waals surface area contributed by atoms with Crippen LogP contribution < -0.4 is 10.1 Å². The third kappa shape index (κ3) is 4.31. The van der Waals surface area contributed by atoms with E-state index in [1.54, 1.807) is 48.5 Å². The van der Waals surface area contributed by atoms with Crippen molar-refractivity contribution in [2.45, 2.75) is 6.18 Å². The van der Waals surface area contributed by atoms with Gasteiger partial charge in [-0.1, -0.05) is 11.6 Å². The van der Waals surface area contributed by atoms with E-state index in [1.807, 2.05) is 0 Å². The van der Waals surface area contributed by atoms with Gasteiger partial charge in [-0.05, 0) is 54.6 Å². The molecule has 1 amide bonds. The summed E-state index contributed by atoms with van der Waals surface area (Å²) in [4.78, 5) is 16.8. The molecule has 0 bridgehead atoms. The summed E-state index contributed by atoms with van der Waals surface area (Å²) in [6.07, 6.45) is -4.71. The summed E-state index contributed by atoms with van der Waals surface area (Å²) >= 11 is 5.81. The van der Waals surface area contributed by atoms with E-state index in [1.165, 1.54) is 13.2 Å². The molecule has 0 saturated carbocycles. The van der Waals surface area contributed by atoms with Gasteiger partial charge in [-0.15, -0.1) is 0 Å². The lowest BCUT2D eigenvalue weighted by atomic mass is 10.1. The van der Waals surface area contributed by atoms with Crippen LogP contribution >= 0.6 is 11.6 Å². The van der Waals surface area contributed by atoms with Crippen LogP contribution in [0.4, 0.5) is 18.9 Å². The van der Waals surface area contributed by atoms with Gasteiger partial charge in [0.1, 0.15) is 5.75 Å². The van der Waals surface area contributed by atoms with Crippen LogP contribution in [0.2, 0.25) is 5.02 Å². The molecule has 2 aromatic heterocycles. The first kappa shape index (κ1) is 20.7. The number of carbonyl (C=O) groups is 1. The molecule has 2 heterocycles. The van der Waals surface area contributed by atoms with Crippen LogP contribution in [0.3, 0.4) is 0 Å². The van der Waals surface area contributed by atoms with Gasteiger partial charge in [0.05, 0.1) is 12.8 Å². The van der Waals surface area contributed by atoms with Crippen molar-refractivity contribution in [3.05, 3.63) is 77.1 Å². The molecule has 0 aliphatic heterocycles. The minimum atomic E-state index is -4.71. The van der Waals surface area contributed by atoms with Crippen molar-refractivity contribution in [1.82, 2.24) is 14.6 Å². The Hall–Kier alpha value is -3.59. The highest BCUT2D eigenvalue weighted by molar-refractivity contribution is 6.30. The zero-order valence-corrected chi connectivity index (χ0v) is 16.7. The number of fused-ring (bicyclic) bond motifs is 1. The van der Waals surface area contributed by atoms with Crippen molar-refractivity contribution in [1.29, 1.82) is 0 Å². The third-order valence-electron chi connectivity index (χ3n) is 4.44. The predicted octanol–water partition coefficient (Wildman–Crippen LogP) is 5.33. The van der Waals surface area contributed by atoms with Gasteiger partial charge in [-0.25, -0.2) is 9.50 Å². The Morgan fingerprint density at radius 3 is 2.35 bits per heavy atom. The number of alkyl halides is 3. The SMILES string of the molecule is COc1ccc(-c2cc(C(F)(F)F)n3nc(C(=O)Nc4ccc(Cl)cc4)cc3n2)cc1. The van der Waals surface area contributed by atoms with E-state index in [9.17, 15) is 18.0 Å². The van der Waals surface area contributed by atoms with E-state index in [0.29, 0.717) is 26.5 Å². The molecule has 10 heteroatoms. The second-order valence-electron chi connectivity index (χ2n) is 6.51. The number of methoxy groups -OCH3 is 1. The average Bonchev–Trinajstić information content (AvgIpc) is 3.18. The van der Waals surface area contributed by atoms with E-state index >= 15 is 0 Å². The summed E-state index contributed by atoms with van der Waals surface area (Å²) in [5.41, 5.74) is -0.390. The molecule has 0 aliphatic rings. The van der Waals surface area contributed by atoms with Crippen LogP contribution in [0.5, 0.6) is 5.75 Å². The molecule has 0 spiro atoms. The second-order valence-corrected chi connectivity index (χ2v) is 6.95. The molecule has 0 atom stereocenters. The summed E-state index contributed by atoms with van der Waals surface area (Å²) < 4.78 is 46.8. The number of halogens is 4. The highest BCUT2D eigenvalue weighted by Crippen LogP contribution is 2.32. The fourth-order valence-corrected chi connectivity index (χ4v) is 3.05. The topological polar surface area (TPSA) is 68.5 Å². The molecule has 6 nitrogen and oxygen atoms in total. The number of aromatic nitrogens is 3. The lowest BCUT2D eigenvalue weighted by Crippen LogP contribution is -2.15. The lowest BCUT2D eigenvalue weighted by molar-refractivity contribution is -0.142. The highest BCUT2D eigenvalue weighted by atomic mass is 35.5. The Morgan fingerprint density at radius 2 is 1.74 bits per heavy atom. The Bertz CT molecular complexity index is 1250. The van der Waals surface area contributed by atoms with Crippen LogP contribution in [0.25, 0.3) is 16.9 Å². The maximum atomic E-state index is 13.7. The zero-order chi connectivity index (χ0) is 22.2. The first-order valence-corrected chi connectivity index (χ1v) is 9.32. The van der Waals surface area contributed by atoms with Crippen molar-refractivity contribution < 1.29 is 22.7 Å². The summed E-state index contributed by atoms with van der Waals surface area (Å²) in [6.45, 7) is 0. The number of anilines is 1. The van der Waals surface area contributed by atoms with Gasteiger partial charge in [0.15, 0.2) is 17.0 Å². The molecule has 1 N–H and O–H groups in total. The maximum Gasteiger partial charge on any atom is 0.433 e. The van der Waals surface area contributed by atoms with Crippen LogP contribution in [-0.2, 0) is 6.18 Å². The number of nitrogens with zero attached hydrogens (tertiary/aromatic N) is 3. The van der Waals surface area contributed by atoms with E-state index in [-0.39, 0.29) is 17.0 Å². The number of rotatable bonds is 4. The number of nitrogens with one attached hydrogen (secondary N) is 1. The minimum absolute atomic E-state index is 0.0898. The molecule has 4 rings (SSSR count). The predicted molar refractivity (Wildman–Crippen MR) is 109 cm³/mol. The fraction of sp³-hybridized carbons (Fsp3) is 0.0952. The molecule has 0 aliphatic carbocycles. The van der Waals surface area contributed by atoms with E-state index in [2.05, 4.69) is 15.4 Å². The monoisotopic (exact) mass is 446 g/mol. The van der Waals surface area contributed by atoms with Crippen molar-refractivity contribution in [2.75, 3.05) is 12.4 Å². The molecule has 4 aromatic rings. The Kier molecular flexibility index (Phi) is 5.28. The van der Waals surface area contributed by atoms with Gasteiger partial charge in [0.25, 0.3) is 5.91 Å². The van der Waals surface area contributed by atoms with Crippen molar-refractivity contribution in [3.8, 4) is 17.0 Å². The normalized spacial score (nSPS) is 11.5. The van der Waals surface area contributed by atoms with Crippen LogP contribution in [0.15, 0.2) is 60.7 Å². The van der Waals surface area contributed by atoms with Crippen LogP contribution in [0.1, 0.15) is 16.2 Å². The van der Waals surface area contributed by atoms with Gasteiger partial charge in [-0.3, -0.25) is 4.79 Å². The van der Waals surface area contributed by atoms with E-state index in [4.69, 9.17) is 16.3 Å². The van der Waals surface area contributed by atoms with Crippen LogP contribution in [0, 0.1) is 0 Å². The number of hydrogen-bond acceptors (Lipinski definition) is 4. The summed E-state index contributed by atoms with van der Waals surface area (Å²) in [5.74, 6) is -0.113. The summed E-state index contributed by atoms with van der Waals surface area (Å²) in [6, 6.07) is 14.8. The number of amides is 1. The Labute approximate surface area is 179 Å². The van der Waals surface area contributed by atoms with Gasteiger partial charge in [-0.2, -0.15) is 18.3 Å². The Morgan fingerprint density at radius 1 is 1.06 bits per heavy atom. The molecule has 0 saturated heterocycles. The van der Waals surface area contributed by atoms with Gasteiger partial charge in [0, 0.05) is 22.3 Å². The first-order valence-electron chi connectivity index (χ1n) is 8.94. The molecule has 0 unspecified atom stereocenters. The maximum absolute atomic E-state index is 13.7. The average molecular weight is 447 g/mol. The van der Waals surface area contributed by atoms with Gasteiger partial charge in [0.2, 0.25) is 0 Å². The standard InChI is InChI=1S/C21H14ClF3N4O2/c1-31-15-8-2-12(3-9-15)16-10-18(21(23,24)25)29-19(27-16)11-17(28-29)20(30)26-14-6-4-13(22)5-7-14/h2-11H,1H3,(H,26,30). The fourth-order valence-electron chi connectivity index (χ4n) is 2.93. The van der Waals surface area contributed by atoms with Gasteiger partial charge >= 0.3 is 6.18 Å². The number of ether oxygens (including phenoxy) is 1. The smallest absolute Gasteiger partial charge is 0.433 e. The molecule has 0 fully saturated rings. The van der Waals surface area contributed by atoms with Crippen molar-refractivity contribution in [3.63, 3.8) is 0 Å². The second kappa shape index (κ2) is 7.92. The number of hydrogen-bond donors (Lipinski definition) is 1. The van der Waals surface area contributed by atoms with Crippen LogP contribution in [-0.4, -0.2) is 27.6 Å². The molecular weight excluding hydrogens is 433 g/mol. The molecule has 2 aromatic carbocycles. The zero-order valence-electron chi connectivity index (χ0n) is 15.9. The number of carbonyl (C=O) groups excluding carboxylic acids is 1. The van der Waals surface area contributed by atoms with Crippen molar-refractivity contribution >= 4 is 28.8 Å². The number of benzene rings is 2. The molecular formula is C21H14ClF3N4O2. The third-order valence-corrected chi connectivity index (χ3v) is 4.69. The largest absolute Gasteiger partial charge is 0.497 e. The molecule has 158 valence electrons.